The zero-order valence-corrected chi connectivity index (χ0v) is 12.4. The van der Waals surface area contributed by atoms with Crippen molar-refractivity contribution in [3.05, 3.63) is 0 Å². The van der Waals surface area contributed by atoms with Crippen molar-refractivity contribution >= 4 is 0 Å². The van der Waals surface area contributed by atoms with Gasteiger partial charge in [0.05, 0.1) is 0 Å². The molecule has 0 heterocycles. The van der Waals surface area contributed by atoms with Crippen LogP contribution in [0.25, 0.3) is 0 Å². The van der Waals surface area contributed by atoms with Crippen molar-refractivity contribution in [3.63, 3.8) is 0 Å². The number of hydrogen-bond donors (Lipinski definition) is 0. The van der Waals surface area contributed by atoms with Crippen LogP contribution in [0.5, 0.6) is 0 Å². The van der Waals surface area contributed by atoms with Crippen LogP contribution in [0.3, 0.4) is 0 Å². The quantitative estimate of drug-likeness (QED) is 0.288. The molecular weight excluding hydrogens is 536 g/mol. The monoisotopic (exact) mass is 534 g/mol. The summed E-state index contributed by atoms with van der Waals surface area (Å²) in [5, 5.41) is 0. The molecule has 0 N–H and O–H groups in total. The van der Waals surface area contributed by atoms with E-state index in [4.69, 9.17) is 37.8 Å². The Kier molecular flexibility index (Phi) is 38.3. The second-order valence-electron chi connectivity index (χ2n) is 0.567. The Balaban J connectivity index is -0.0000000450. The number of rotatable bonds is 0. The summed E-state index contributed by atoms with van der Waals surface area (Å²) in [5.74, 6) is 0. The van der Waals surface area contributed by atoms with Gasteiger partial charge >= 0.3 is 0 Å². The van der Waals surface area contributed by atoms with Crippen LogP contribution in [-0.4, -0.2) is 0 Å². The van der Waals surface area contributed by atoms with Gasteiger partial charge in [-0.15, -0.1) is 0 Å². The third kappa shape index (κ3) is 331. The first-order valence-corrected chi connectivity index (χ1v) is 7.22. The van der Waals surface area contributed by atoms with Crippen molar-refractivity contribution in [1.29, 1.82) is 0 Å². The largest absolute Gasteiger partial charge is 0.405 e. The second-order valence-corrected chi connectivity index (χ2v) is 2.95. The third-order valence-corrected chi connectivity index (χ3v) is 0. The first-order valence-electron chi connectivity index (χ1n) is 1.39. The molecule has 0 saturated heterocycles. The van der Waals surface area contributed by atoms with Gasteiger partial charge in [0.2, 0.25) is 44.4 Å². The summed E-state index contributed by atoms with van der Waals surface area (Å²) in [6.45, 7) is 0. The average Bonchev–Trinajstić information content (AvgIpc) is 1.54. The molecule has 0 spiro atoms. The Morgan fingerprint density at radius 1 is 0.385 bits per heavy atom. The molecule has 0 saturated carbocycles. The van der Waals surface area contributed by atoms with Crippen LogP contribution >= 0.6 is 0 Å². The van der Waals surface area contributed by atoms with Gasteiger partial charge in [0.25, 0.3) is 0 Å². The summed E-state index contributed by atoms with van der Waals surface area (Å²) in [6, 6.07) is 0. The third-order valence-electron chi connectivity index (χ3n) is 0. The van der Waals surface area contributed by atoms with Gasteiger partial charge in [-0.2, -0.15) is 0 Å². The van der Waals surface area contributed by atoms with E-state index in [1.165, 1.54) is 0 Å². The minimum atomic E-state index is -3.65. The van der Waals surface area contributed by atoms with Gasteiger partial charge in [-0.05, 0) is 0 Å². The Morgan fingerprint density at radius 2 is 0.385 bits per heavy atom. The molecule has 0 rings (SSSR count). The van der Waals surface area contributed by atoms with Crippen molar-refractivity contribution < 1.29 is 132 Å². The maximum atomic E-state index is 8.52. The molecule has 13 heavy (non-hydrogen) atoms. The predicted molar refractivity (Wildman–Crippen MR) is 0 cm³/mol. The molecule has 9 nitrogen and oxygen atoms in total. The fourth-order valence-corrected chi connectivity index (χ4v) is 0. The maximum Gasteiger partial charge on any atom is 0.216 e. The van der Waals surface area contributed by atoms with Crippen LogP contribution in [0, 0.1) is 93.8 Å². The first kappa shape index (κ1) is 24.8. The average molecular weight is 536 g/mol. The van der Waals surface area contributed by atoms with Crippen molar-refractivity contribution in [2.75, 3.05) is 0 Å². The minimum Gasteiger partial charge on any atom is -0.405 e. The molecule has 0 unspecified atom stereocenters. The van der Waals surface area contributed by atoms with Crippen LogP contribution in [0.4, 0.5) is 0 Å². The molecule has 0 atom stereocenters. The van der Waals surface area contributed by atoms with Gasteiger partial charge in [0.15, 0.2) is 0 Å². The smallest absolute Gasteiger partial charge is 0.216 e. The van der Waals surface area contributed by atoms with Crippen LogP contribution in [0.15, 0.2) is 0 Å². The maximum absolute atomic E-state index is 8.52. The fourth-order valence-electron chi connectivity index (χ4n) is 0. The molecule has 0 aromatic heterocycles. The normalized spacial score (nSPS) is 8.31. The van der Waals surface area contributed by atoms with Gasteiger partial charge in [-0.1, -0.05) is 0 Å². The van der Waals surface area contributed by atoms with Gasteiger partial charge in [0, 0.05) is 49.4 Å². The summed E-state index contributed by atoms with van der Waals surface area (Å²) in [6.07, 6.45) is 0. The van der Waals surface area contributed by atoms with Crippen molar-refractivity contribution in [3.8, 4) is 0 Å². The Bertz CT molecular complexity index is 43.4. The summed E-state index contributed by atoms with van der Waals surface area (Å²) in [7, 11) is 0. The molecular formula is Br3EuO9-3. The number of halogens is 3. The van der Waals surface area contributed by atoms with Crippen LogP contribution in [-0.2, 0) is 0 Å². The fraction of sp³-hybridized carbons (Fsp3) is 0. The molecule has 1 radical (unpaired) electrons. The molecule has 13 heteroatoms. The first-order chi connectivity index (χ1) is 5.20. The summed E-state index contributed by atoms with van der Waals surface area (Å²) < 4.78 is 76.7. The Labute approximate surface area is 129 Å². The van der Waals surface area contributed by atoms with E-state index in [-0.39, 0.29) is 49.4 Å². The van der Waals surface area contributed by atoms with Crippen molar-refractivity contribution in [2.45, 2.75) is 0 Å². The Morgan fingerprint density at radius 3 is 0.385 bits per heavy atom. The topological polar surface area (TPSA) is 208 Å². The zero-order valence-electron chi connectivity index (χ0n) is 5.19. The SMILES string of the molecule is [Eu].[O-][Br+2]([O-])[O-].[O-][Br+2]([O-])[O-].[O-][Br+2]([O-])[O-]. The van der Waals surface area contributed by atoms with Gasteiger partial charge < -0.3 is 37.8 Å². The zero-order chi connectivity index (χ0) is 10.7. The van der Waals surface area contributed by atoms with E-state index >= 15 is 0 Å². The molecule has 0 amide bonds. The number of hydrogen-bond acceptors (Lipinski definition) is 9. The van der Waals surface area contributed by atoms with Crippen LogP contribution in [0.1, 0.15) is 0 Å². The molecule has 0 aliphatic heterocycles. The summed E-state index contributed by atoms with van der Waals surface area (Å²) in [4.78, 5) is 0. The Hall–Kier alpha value is 2.66. The van der Waals surface area contributed by atoms with Crippen LogP contribution in [0.2, 0.25) is 0 Å². The summed E-state index contributed by atoms with van der Waals surface area (Å²) in [5.41, 5.74) is 0. The van der Waals surface area contributed by atoms with E-state index in [1.54, 1.807) is 0 Å². The molecule has 0 aliphatic rings. The van der Waals surface area contributed by atoms with Gasteiger partial charge in [-0.3, -0.25) is 0 Å². The van der Waals surface area contributed by atoms with Crippen molar-refractivity contribution in [2.24, 2.45) is 0 Å². The molecule has 85 valence electrons. The van der Waals surface area contributed by atoms with E-state index in [0.717, 1.165) is 0 Å². The van der Waals surface area contributed by atoms with E-state index in [2.05, 4.69) is 0 Å². The molecule has 0 bridgehead atoms. The van der Waals surface area contributed by atoms with E-state index in [0.29, 0.717) is 0 Å². The van der Waals surface area contributed by atoms with E-state index < -0.39 is 44.4 Å². The van der Waals surface area contributed by atoms with Crippen molar-refractivity contribution in [1.82, 2.24) is 0 Å². The predicted octanol–water partition coefficient (Wildman–Crippen LogP) is -10.7. The molecule has 0 aromatic carbocycles. The minimum absolute atomic E-state index is 0. The summed E-state index contributed by atoms with van der Waals surface area (Å²) >= 11 is -10.9. The molecule has 0 aromatic rings. The molecule has 0 aliphatic carbocycles. The molecule has 0 fully saturated rings. The van der Waals surface area contributed by atoms with Crippen LogP contribution < -0.4 is 37.8 Å². The van der Waals surface area contributed by atoms with E-state index in [9.17, 15) is 0 Å². The standard InChI is InChI=1S/3BrO3.Eu/c3*2-1(3)4;/q3*-1;. The van der Waals surface area contributed by atoms with Gasteiger partial charge in [-0.25, -0.2) is 0 Å². The van der Waals surface area contributed by atoms with Gasteiger partial charge in [0.1, 0.15) is 0 Å². The van der Waals surface area contributed by atoms with E-state index in [1.807, 2.05) is 0 Å². The second kappa shape index (κ2) is 20.1.